The van der Waals surface area contributed by atoms with E-state index >= 15 is 0 Å². The summed E-state index contributed by atoms with van der Waals surface area (Å²) in [6.45, 7) is 2.08. The lowest BCUT2D eigenvalue weighted by Crippen LogP contribution is -2.00. The van der Waals surface area contributed by atoms with Crippen molar-refractivity contribution < 1.29 is 8.78 Å². The molecule has 1 atom stereocenters. The molecule has 0 saturated carbocycles. The molecule has 0 saturated heterocycles. The van der Waals surface area contributed by atoms with Gasteiger partial charge in [-0.3, -0.25) is 0 Å². The number of aryl methyl sites for hydroxylation is 1. The van der Waals surface area contributed by atoms with Crippen LogP contribution < -0.4 is 0 Å². The number of hydrogen-bond acceptors (Lipinski definition) is 0. The van der Waals surface area contributed by atoms with Crippen LogP contribution in [0.4, 0.5) is 8.78 Å². The standard InChI is InChI=1S/C13H17ClF2/c1-2-5-11(14)8-3-6-10-7-4-9-12(15)13(10)16/h4,7,9,11H,2-3,5-6,8H2,1H3. The Hall–Kier alpha value is -0.630. The van der Waals surface area contributed by atoms with Gasteiger partial charge >= 0.3 is 0 Å². The molecule has 3 heteroatoms. The van der Waals surface area contributed by atoms with Crippen molar-refractivity contribution in [2.75, 3.05) is 0 Å². The molecule has 1 rings (SSSR count). The molecule has 0 radical (unpaired) electrons. The second kappa shape index (κ2) is 6.85. The van der Waals surface area contributed by atoms with Gasteiger partial charge in [0.2, 0.25) is 0 Å². The van der Waals surface area contributed by atoms with Crippen LogP contribution in [0.15, 0.2) is 18.2 Å². The summed E-state index contributed by atoms with van der Waals surface area (Å²) in [5, 5.41) is 0.154. The van der Waals surface area contributed by atoms with E-state index in [9.17, 15) is 8.78 Å². The van der Waals surface area contributed by atoms with Gasteiger partial charge in [0.15, 0.2) is 11.6 Å². The molecular formula is C13H17ClF2. The lowest BCUT2D eigenvalue weighted by atomic mass is 10.0. The van der Waals surface area contributed by atoms with Gasteiger partial charge in [0, 0.05) is 5.38 Å². The fraction of sp³-hybridized carbons (Fsp3) is 0.538. The summed E-state index contributed by atoms with van der Waals surface area (Å²) in [7, 11) is 0. The van der Waals surface area contributed by atoms with Gasteiger partial charge in [-0.1, -0.05) is 25.5 Å². The summed E-state index contributed by atoms with van der Waals surface area (Å²) in [5.74, 6) is -1.49. The van der Waals surface area contributed by atoms with Crippen LogP contribution in [-0.4, -0.2) is 5.38 Å². The third-order valence-corrected chi connectivity index (χ3v) is 3.03. The highest BCUT2D eigenvalue weighted by Crippen LogP contribution is 2.17. The van der Waals surface area contributed by atoms with E-state index in [1.165, 1.54) is 6.07 Å². The largest absolute Gasteiger partial charge is 0.204 e. The first-order valence-electron chi connectivity index (χ1n) is 5.72. The number of benzene rings is 1. The summed E-state index contributed by atoms with van der Waals surface area (Å²) < 4.78 is 26.2. The molecule has 1 aromatic rings. The molecule has 1 unspecified atom stereocenters. The minimum absolute atomic E-state index is 0.154. The van der Waals surface area contributed by atoms with Crippen LogP contribution >= 0.6 is 11.6 Å². The Kier molecular flexibility index (Phi) is 5.75. The number of rotatable bonds is 6. The van der Waals surface area contributed by atoms with Crippen LogP contribution in [-0.2, 0) is 6.42 Å². The Balaban J connectivity index is 2.40. The molecule has 0 heterocycles. The summed E-state index contributed by atoms with van der Waals surface area (Å²) in [5.41, 5.74) is 0.445. The van der Waals surface area contributed by atoms with E-state index in [0.717, 1.165) is 31.7 Å². The van der Waals surface area contributed by atoms with E-state index in [1.807, 2.05) is 0 Å². The maximum Gasteiger partial charge on any atom is 0.162 e. The van der Waals surface area contributed by atoms with Crippen molar-refractivity contribution >= 4 is 11.6 Å². The molecule has 0 aromatic heterocycles. The zero-order valence-electron chi connectivity index (χ0n) is 9.48. The smallest absolute Gasteiger partial charge is 0.162 e. The van der Waals surface area contributed by atoms with E-state index in [2.05, 4.69) is 6.92 Å². The van der Waals surface area contributed by atoms with Gasteiger partial charge in [0.25, 0.3) is 0 Å². The molecule has 0 aliphatic heterocycles. The molecule has 0 aliphatic carbocycles. The Labute approximate surface area is 101 Å². The fourth-order valence-electron chi connectivity index (χ4n) is 1.71. The van der Waals surface area contributed by atoms with Gasteiger partial charge in [0.1, 0.15) is 0 Å². The quantitative estimate of drug-likeness (QED) is 0.639. The van der Waals surface area contributed by atoms with E-state index in [4.69, 9.17) is 11.6 Å². The zero-order chi connectivity index (χ0) is 12.0. The van der Waals surface area contributed by atoms with Gasteiger partial charge in [0.05, 0.1) is 0 Å². The van der Waals surface area contributed by atoms with Crippen LogP contribution in [0, 0.1) is 11.6 Å². The molecule has 0 nitrogen and oxygen atoms in total. The third-order valence-electron chi connectivity index (χ3n) is 2.60. The lowest BCUT2D eigenvalue weighted by Gasteiger charge is -2.08. The fourth-order valence-corrected chi connectivity index (χ4v) is 2.09. The predicted octanol–water partition coefficient (Wildman–Crippen LogP) is 4.70. The molecular weight excluding hydrogens is 230 g/mol. The average Bonchev–Trinajstić information content (AvgIpc) is 2.25. The van der Waals surface area contributed by atoms with E-state index in [-0.39, 0.29) is 5.38 Å². The second-order valence-electron chi connectivity index (χ2n) is 3.99. The van der Waals surface area contributed by atoms with E-state index in [0.29, 0.717) is 12.0 Å². The number of hydrogen-bond donors (Lipinski definition) is 0. The maximum atomic E-state index is 13.3. The Bertz CT molecular complexity index is 326. The number of alkyl halides is 1. The molecule has 0 aliphatic rings. The second-order valence-corrected chi connectivity index (χ2v) is 4.61. The summed E-state index contributed by atoms with van der Waals surface area (Å²) in [6, 6.07) is 4.31. The van der Waals surface area contributed by atoms with Gasteiger partial charge in [-0.05, 0) is 37.3 Å². The molecule has 0 amide bonds. The van der Waals surface area contributed by atoms with Crippen LogP contribution in [0.3, 0.4) is 0 Å². The Morgan fingerprint density at radius 2 is 2.00 bits per heavy atom. The average molecular weight is 247 g/mol. The van der Waals surface area contributed by atoms with E-state index in [1.54, 1.807) is 6.07 Å². The first kappa shape index (κ1) is 13.4. The van der Waals surface area contributed by atoms with Crippen molar-refractivity contribution in [2.45, 2.75) is 44.4 Å². The molecule has 0 spiro atoms. The lowest BCUT2D eigenvalue weighted by molar-refractivity contribution is 0.495. The molecule has 0 N–H and O–H groups in total. The van der Waals surface area contributed by atoms with Crippen molar-refractivity contribution in [3.8, 4) is 0 Å². The van der Waals surface area contributed by atoms with Crippen molar-refractivity contribution in [3.05, 3.63) is 35.4 Å². The normalized spacial score (nSPS) is 12.8. The SMILES string of the molecule is CCCC(Cl)CCCc1cccc(F)c1F. The molecule has 90 valence electrons. The molecule has 1 aromatic carbocycles. The van der Waals surface area contributed by atoms with Crippen molar-refractivity contribution in [2.24, 2.45) is 0 Å². The van der Waals surface area contributed by atoms with Crippen molar-refractivity contribution in [3.63, 3.8) is 0 Å². The summed E-state index contributed by atoms with van der Waals surface area (Å²) >= 11 is 6.05. The minimum Gasteiger partial charge on any atom is -0.204 e. The van der Waals surface area contributed by atoms with Crippen LogP contribution in [0.5, 0.6) is 0 Å². The van der Waals surface area contributed by atoms with Crippen molar-refractivity contribution in [1.29, 1.82) is 0 Å². The minimum atomic E-state index is -0.770. The van der Waals surface area contributed by atoms with Gasteiger partial charge in [-0.2, -0.15) is 0 Å². The van der Waals surface area contributed by atoms with Gasteiger partial charge in [-0.25, -0.2) is 8.78 Å². The maximum absolute atomic E-state index is 13.3. The number of halogens is 3. The molecule has 0 fully saturated rings. The summed E-state index contributed by atoms with van der Waals surface area (Å²) in [6.07, 6.45) is 4.24. The highest BCUT2D eigenvalue weighted by atomic mass is 35.5. The van der Waals surface area contributed by atoms with Gasteiger partial charge < -0.3 is 0 Å². The van der Waals surface area contributed by atoms with E-state index < -0.39 is 11.6 Å². The first-order chi connectivity index (χ1) is 7.65. The topological polar surface area (TPSA) is 0 Å². The van der Waals surface area contributed by atoms with Crippen LogP contribution in [0.2, 0.25) is 0 Å². The molecule has 16 heavy (non-hydrogen) atoms. The van der Waals surface area contributed by atoms with Crippen LogP contribution in [0.25, 0.3) is 0 Å². The van der Waals surface area contributed by atoms with Crippen LogP contribution in [0.1, 0.15) is 38.2 Å². The van der Waals surface area contributed by atoms with Crippen molar-refractivity contribution in [1.82, 2.24) is 0 Å². The highest BCUT2D eigenvalue weighted by Gasteiger charge is 2.08. The Morgan fingerprint density at radius 3 is 2.69 bits per heavy atom. The highest BCUT2D eigenvalue weighted by molar-refractivity contribution is 6.20. The first-order valence-corrected chi connectivity index (χ1v) is 6.15. The Morgan fingerprint density at radius 1 is 1.25 bits per heavy atom. The third kappa shape index (κ3) is 4.09. The van der Waals surface area contributed by atoms with Gasteiger partial charge in [-0.15, -0.1) is 11.6 Å². The zero-order valence-corrected chi connectivity index (χ0v) is 10.2. The summed E-state index contributed by atoms with van der Waals surface area (Å²) in [4.78, 5) is 0. The monoisotopic (exact) mass is 246 g/mol. The predicted molar refractivity (Wildman–Crippen MR) is 63.8 cm³/mol. The molecule has 0 bridgehead atoms.